The highest BCUT2D eigenvalue weighted by Crippen LogP contribution is 2.39. The van der Waals surface area contributed by atoms with Crippen LogP contribution in [0.4, 0.5) is 13.2 Å². The van der Waals surface area contributed by atoms with Gasteiger partial charge in [0.15, 0.2) is 0 Å². The van der Waals surface area contributed by atoms with Crippen molar-refractivity contribution in [3.8, 4) is 5.75 Å². The zero-order valence-corrected chi connectivity index (χ0v) is 9.99. The molecular formula is C13H11F3O3. The first-order valence-electron chi connectivity index (χ1n) is 5.64. The van der Waals surface area contributed by atoms with Gasteiger partial charge in [-0.05, 0) is 18.1 Å². The van der Waals surface area contributed by atoms with Crippen LogP contribution in [0.25, 0.3) is 6.08 Å². The number of hydrogen-bond donors (Lipinski definition) is 1. The second-order valence-electron chi connectivity index (χ2n) is 4.13. The van der Waals surface area contributed by atoms with Crippen molar-refractivity contribution >= 4 is 12.0 Å². The molecule has 0 saturated heterocycles. The molecule has 3 nitrogen and oxygen atoms in total. The zero-order chi connectivity index (χ0) is 14.2. The number of carbonyl (C=O) groups is 1. The third-order valence-corrected chi connectivity index (χ3v) is 2.88. The van der Waals surface area contributed by atoms with E-state index in [-0.39, 0.29) is 5.75 Å². The van der Waals surface area contributed by atoms with Gasteiger partial charge in [0.1, 0.15) is 5.75 Å². The number of aryl methyl sites for hydroxylation is 1. The summed E-state index contributed by atoms with van der Waals surface area (Å²) in [5.41, 5.74) is 0.179. The van der Waals surface area contributed by atoms with Crippen molar-refractivity contribution in [3.05, 3.63) is 34.9 Å². The van der Waals surface area contributed by atoms with Crippen LogP contribution in [0.5, 0.6) is 5.75 Å². The first-order chi connectivity index (χ1) is 8.84. The lowest BCUT2D eigenvalue weighted by Gasteiger charge is -2.28. The molecule has 0 bridgehead atoms. The summed E-state index contributed by atoms with van der Waals surface area (Å²) in [6, 6.07) is 4.85. The number of rotatable bonds is 2. The fourth-order valence-corrected chi connectivity index (χ4v) is 1.98. The van der Waals surface area contributed by atoms with Gasteiger partial charge in [0.05, 0.1) is 5.57 Å². The van der Waals surface area contributed by atoms with Gasteiger partial charge >= 0.3 is 12.1 Å². The monoisotopic (exact) mass is 272 g/mol. The first kappa shape index (κ1) is 13.5. The normalized spacial score (nSPS) is 18.3. The van der Waals surface area contributed by atoms with Crippen LogP contribution in [0.3, 0.4) is 0 Å². The van der Waals surface area contributed by atoms with E-state index in [4.69, 9.17) is 9.84 Å². The topological polar surface area (TPSA) is 46.5 Å². The molecule has 0 aliphatic carbocycles. The average molecular weight is 272 g/mol. The standard InChI is InChI=1S/C13H11F3O3/c1-2-7-4-3-5-8-6-9(12(17)18)11(13(14,15)16)19-10(7)8/h3-6,11H,2H2,1H3,(H,17,18)/t11-/m0/s1. The Morgan fingerprint density at radius 2 is 2.11 bits per heavy atom. The molecule has 0 saturated carbocycles. The third kappa shape index (κ3) is 2.43. The third-order valence-electron chi connectivity index (χ3n) is 2.88. The number of para-hydroxylation sites is 1. The van der Waals surface area contributed by atoms with Gasteiger partial charge < -0.3 is 9.84 Å². The molecule has 6 heteroatoms. The van der Waals surface area contributed by atoms with Gasteiger partial charge in [-0.15, -0.1) is 0 Å². The van der Waals surface area contributed by atoms with Gasteiger partial charge in [-0.1, -0.05) is 25.1 Å². The summed E-state index contributed by atoms with van der Waals surface area (Å²) in [6.07, 6.45) is -5.66. The fourth-order valence-electron chi connectivity index (χ4n) is 1.98. The molecule has 1 atom stereocenters. The summed E-state index contributed by atoms with van der Waals surface area (Å²) >= 11 is 0. The SMILES string of the molecule is CCc1cccc2c1O[C@H](C(F)(F)F)C(C(=O)O)=C2. The summed E-state index contributed by atoms with van der Waals surface area (Å²) < 4.78 is 43.5. The molecule has 1 N–H and O–H groups in total. The number of aliphatic carboxylic acids is 1. The molecule has 2 rings (SSSR count). The van der Waals surface area contributed by atoms with Gasteiger partial charge in [-0.25, -0.2) is 4.79 Å². The fraction of sp³-hybridized carbons (Fsp3) is 0.308. The lowest BCUT2D eigenvalue weighted by atomic mass is 9.98. The van der Waals surface area contributed by atoms with Gasteiger partial charge in [0.2, 0.25) is 6.10 Å². The van der Waals surface area contributed by atoms with E-state index in [1.807, 2.05) is 0 Å². The second kappa shape index (κ2) is 4.60. The molecule has 19 heavy (non-hydrogen) atoms. The molecule has 0 fully saturated rings. The largest absolute Gasteiger partial charge is 0.478 e. The van der Waals surface area contributed by atoms with E-state index in [0.717, 1.165) is 6.08 Å². The highest BCUT2D eigenvalue weighted by Gasteiger charge is 2.48. The molecule has 1 aromatic rings. The minimum atomic E-state index is -4.76. The molecule has 1 aromatic carbocycles. The number of fused-ring (bicyclic) bond motifs is 1. The summed E-state index contributed by atoms with van der Waals surface area (Å²) in [6.45, 7) is 1.79. The number of benzene rings is 1. The van der Waals surface area contributed by atoms with Crippen molar-refractivity contribution in [1.29, 1.82) is 0 Å². The molecule has 0 spiro atoms. The number of ether oxygens (including phenoxy) is 1. The van der Waals surface area contributed by atoms with Gasteiger partial charge in [0.25, 0.3) is 0 Å². The summed E-state index contributed by atoms with van der Waals surface area (Å²) in [7, 11) is 0. The zero-order valence-electron chi connectivity index (χ0n) is 9.99. The Kier molecular flexibility index (Phi) is 3.26. The maximum atomic E-state index is 12.9. The summed E-state index contributed by atoms with van der Waals surface area (Å²) in [5.74, 6) is -1.52. The van der Waals surface area contributed by atoms with E-state index in [2.05, 4.69) is 0 Å². The van der Waals surface area contributed by atoms with Gasteiger partial charge in [-0.2, -0.15) is 13.2 Å². The van der Waals surface area contributed by atoms with Crippen molar-refractivity contribution in [1.82, 2.24) is 0 Å². The predicted molar refractivity (Wildman–Crippen MR) is 61.9 cm³/mol. The van der Waals surface area contributed by atoms with Crippen LogP contribution in [-0.2, 0) is 11.2 Å². The maximum absolute atomic E-state index is 12.9. The molecule has 102 valence electrons. The van der Waals surface area contributed by atoms with E-state index in [1.165, 1.54) is 6.07 Å². The Bertz CT molecular complexity index is 547. The Hall–Kier alpha value is -1.98. The smallest absolute Gasteiger partial charge is 0.430 e. The van der Waals surface area contributed by atoms with Crippen LogP contribution in [0.1, 0.15) is 18.1 Å². The molecule has 0 unspecified atom stereocenters. The minimum absolute atomic E-state index is 0.109. The lowest BCUT2D eigenvalue weighted by molar-refractivity contribution is -0.187. The lowest BCUT2D eigenvalue weighted by Crippen LogP contribution is -2.40. The highest BCUT2D eigenvalue weighted by atomic mass is 19.4. The molecule has 1 aliphatic rings. The maximum Gasteiger partial charge on any atom is 0.430 e. The van der Waals surface area contributed by atoms with Crippen LogP contribution < -0.4 is 4.74 Å². The van der Waals surface area contributed by atoms with Crippen LogP contribution in [0.15, 0.2) is 23.8 Å². The molecule has 1 aliphatic heterocycles. The molecule has 0 aromatic heterocycles. The molecule has 0 radical (unpaired) electrons. The number of alkyl halides is 3. The van der Waals surface area contributed by atoms with E-state index in [0.29, 0.717) is 17.5 Å². The molecular weight excluding hydrogens is 261 g/mol. The number of carboxylic acids is 1. The number of hydrogen-bond acceptors (Lipinski definition) is 2. The van der Waals surface area contributed by atoms with Crippen LogP contribution >= 0.6 is 0 Å². The number of carboxylic acid groups (broad SMARTS) is 1. The minimum Gasteiger partial charge on any atom is -0.478 e. The van der Waals surface area contributed by atoms with Gasteiger partial charge in [-0.3, -0.25) is 0 Å². The van der Waals surface area contributed by atoms with E-state index >= 15 is 0 Å². The Balaban J connectivity index is 2.57. The van der Waals surface area contributed by atoms with Crippen LogP contribution in [0.2, 0.25) is 0 Å². The second-order valence-corrected chi connectivity index (χ2v) is 4.13. The molecule has 0 amide bonds. The quantitative estimate of drug-likeness (QED) is 0.900. The predicted octanol–water partition coefficient (Wildman–Crippen LogP) is 3.04. The van der Waals surface area contributed by atoms with Crippen molar-refractivity contribution in [2.45, 2.75) is 25.6 Å². The van der Waals surface area contributed by atoms with E-state index in [9.17, 15) is 18.0 Å². The van der Waals surface area contributed by atoms with E-state index in [1.54, 1.807) is 19.1 Å². The Morgan fingerprint density at radius 3 is 2.63 bits per heavy atom. The highest BCUT2D eigenvalue weighted by molar-refractivity contribution is 5.95. The van der Waals surface area contributed by atoms with Crippen LogP contribution in [0, 0.1) is 0 Å². The van der Waals surface area contributed by atoms with Gasteiger partial charge in [0, 0.05) is 5.56 Å². The summed E-state index contributed by atoms with van der Waals surface area (Å²) in [4.78, 5) is 10.9. The average Bonchev–Trinajstić information content (AvgIpc) is 2.35. The first-order valence-corrected chi connectivity index (χ1v) is 5.64. The molecule has 1 heterocycles. The Labute approximate surface area is 107 Å². The summed E-state index contributed by atoms with van der Waals surface area (Å²) in [5, 5.41) is 8.88. The van der Waals surface area contributed by atoms with Crippen LogP contribution in [-0.4, -0.2) is 23.4 Å². The van der Waals surface area contributed by atoms with Crippen molar-refractivity contribution in [2.24, 2.45) is 0 Å². The van der Waals surface area contributed by atoms with Crippen molar-refractivity contribution in [2.75, 3.05) is 0 Å². The Morgan fingerprint density at radius 1 is 1.42 bits per heavy atom. The van der Waals surface area contributed by atoms with Crippen molar-refractivity contribution < 1.29 is 27.8 Å². The van der Waals surface area contributed by atoms with Crippen molar-refractivity contribution in [3.63, 3.8) is 0 Å². The van der Waals surface area contributed by atoms with E-state index < -0.39 is 23.8 Å². The number of halogens is 3.